The summed E-state index contributed by atoms with van der Waals surface area (Å²) in [5.41, 5.74) is 6.77. The minimum Gasteiger partial charge on any atom is -0.512 e. The predicted octanol–water partition coefficient (Wildman–Crippen LogP) is 13.3. The Labute approximate surface area is 320 Å². The van der Waals surface area contributed by atoms with Gasteiger partial charge in [0.1, 0.15) is 0 Å². The second kappa shape index (κ2) is 17.7. The van der Waals surface area contributed by atoms with Gasteiger partial charge in [-0.15, -0.1) is 40.5 Å². The molecule has 0 amide bonds. The monoisotopic (exact) mass is 885 g/mol. The maximum Gasteiger partial charge on any atom is 0.162 e. The van der Waals surface area contributed by atoms with Crippen LogP contribution in [0.2, 0.25) is 19.6 Å². The fourth-order valence-corrected chi connectivity index (χ4v) is 9.59. The van der Waals surface area contributed by atoms with Crippen LogP contribution in [0.5, 0.6) is 0 Å². The number of ketones is 1. The number of pyridine rings is 1. The van der Waals surface area contributed by atoms with Crippen LogP contribution in [-0.2, 0) is 37.4 Å². The van der Waals surface area contributed by atoms with Gasteiger partial charge in [0, 0.05) is 72.8 Å². The Hall–Kier alpha value is -2.63. The van der Waals surface area contributed by atoms with Crippen molar-refractivity contribution in [2.45, 2.75) is 113 Å². The molecule has 0 spiro atoms. The van der Waals surface area contributed by atoms with E-state index in [-0.39, 0.29) is 48.9 Å². The van der Waals surface area contributed by atoms with Crippen molar-refractivity contribution in [1.82, 2.24) is 4.98 Å². The van der Waals surface area contributed by atoms with Crippen LogP contribution in [0, 0.1) is 30.2 Å². The van der Waals surface area contributed by atoms with Gasteiger partial charge in [-0.2, -0.15) is 0 Å². The van der Waals surface area contributed by atoms with Crippen molar-refractivity contribution in [1.29, 1.82) is 0 Å². The molecule has 271 valence electrons. The van der Waals surface area contributed by atoms with E-state index >= 15 is 0 Å². The van der Waals surface area contributed by atoms with E-state index in [2.05, 4.69) is 102 Å². The molecular weight excluding hydrogens is 827 g/mol. The van der Waals surface area contributed by atoms with Crippen molar-refractivity contribution in [2.24, 2.45) is 17.3 Å². The van der Waals surface area contributed by atoms with E-state index in [1.807, 2.05) is 45.2 Å². The van der Waals surface area contributed by atoms with Gasteiger partial charge in [-0.1, -0.05) is 109 Å². The fraction of sp³-hybridized carbons (Fsp3) is 0.455. The number of thiophene rings is 1. The van der Waals surface area contributed by atoms with Gasteiger partial charge in [-0.25, -0.2) is 0 Å². The summed E-state index contributed by atoms with van der Waals surface area (Å²) in [4.78, 5) is 16.6. The summed E-state index contributed by atoms with van der Waals surface area (Å²) in [6.07, 6.45) is 7.97. The number of allylic oxidation sites excluding steroid dienone is 2. The molecule has 5 rings (SSSR count). The molecule has 0 aliphatic carbocycles. The number of hydrogen-bond donors (Lipinski definition) is 1. The maximum atomic E-state index is 11.7. The number of benzene rings is 3. The number of carbonyl (C=O) groups is 1. The van der Waals surface area contributed by atoms with E-state index < -0.39 is 8.07 Å². The molecule has 3 nitrogen and oxygen atoms in total. The van der Waals surface area contributed by atoms with E-state index in [1.165, 1.54) is 53.7 Å². The van der Waals surface area contributed by atoms with Gasteiger partial charge >= 0.3 is 0 Å². The van der Waals surface area contributed by atoms with Crippen LogP contribution in [0.4, 0.5) is 0 Å². The number of aryl methyl sites for hydroxylation is 1. The van der Waals surface area contributed by atoms with Crippen LogP contribution in [-0.4, -0.2) is 23.9 Å². The average molecular weight is 885 g/mol. The number of carbonyl (C=O) groups excluding carboxylic acids is 1. The molecule has 0 bridgehead atoms. The van der Waals surface area contributed by atoms with Gasteiger partial charge in [-0.3, -0.25) is 9.78 Å². The quantitative estimate of drug-likeness (QED) is 0.0622. The van der Waals surface area contributed by atoms with Gasteiger partial charge in [0.2, 0.25) is 0 Å². The molecule has 0 fully saturated rings. The third kappa shape index (κ3) is 10.2. The third-order valence-electron chi connectivity index (χ3n) is 9.56. The SMILES string of the molecule is CCC(CC)C(=O)/C=C(\O)C(CC)CC.Cc1c(CC(C)(C)C)ccc2c1sc1c(-c3[c-]c4ccccc4c(C[Si](C)(C)C)c3)nccc12.[Ir]. The Kier molecular flexibility index (Phi) is 14.8. The van der Waals surface area contributed by atoms with Crippen molar-refractivity contribution < 1.29 is 30.0 Å². The van der Waals surface area contributed by atoms with Crippen LogP contribution in [0.25, 0.3) is 42.2 Å². The molecule has 0 aliphatic rings. The van der Waals surface area contributed by atoms with Gasteiger partial charge in [0.15, 0.2) is 5.78 Å². The Morgan fingerprint density at radius 3 is 2.10 bits per heavy atom. The van der Waals surface area contributed by atoms with Gasteiger partial charge in [0.05, 0.1) is 5.76 Å². The number of nitrogens with zero attached hydrogens (tertiary/aromatic N) is 1. The minimum atomic E-state index is -1.28. The summed E-state index contributed by atoms with van der Waals surface area (Å²) in [7, 11) is -1.28. The smallest absolute Gasteiger partial charge is 0.162 e. The van der Waals surface area contributed by atoms with Gasteiger partial charge < -0.3 is 5.11 Å². The summed E-state index contributed by atoms with van der Waals surface area (Å²) < 4.78 is 2.67. The molecule has 0 atom stereocenters. The van der Waals surface area contributed by atoms with Crippen LogP contribution in [0.1, 0.15) is 90.8 Å². The Bertz CT molecular complexity index is 1940. The zero-order valence-corrected chi connectivity index (χ0v) is 36.4. The van der Waals surface area contributed by atoms with Crippen LogP contribution in [0.3, 0.4) is 0 Å². The summed E-state index contributed by atoms with van der Waals surface area (Å²) in [6, 6.07) is 22.8. The summed E-state index contributed by atoms with van der Waals surface area (Å²) in [6.45, 7) is 24.6. The Morgan fingerprint density at radius 2 is 1.50 bits per heavy atom. The fourth-order valence-electron chi connectivity index (χ4n) is 6.83. The molecule has 6 heteroatoms. The van der Waals surface area contributed by atoms with E-state index in [0.29, 0.717) is 0 Å². The molecule has 0 unspecified atom stereocenters. The van der Waals surface area contributed by atoms with Crippen molar-refractivity contribution in [3.05, 3.63) is 89.3 Å². The van der Waals surface area contributed by atoms with E-state index in [4.69, 9.17) is 4.98 Å². The topological polar surface area (TPSA) is 50.2 Å². The maximum absolute atomic E-state index is 11.7. The molecule has 3 aromatic carbocycles. The number of aliphatic hydroxyl groups is 1. The van der Waals surface area contributed by atoms with Crippen LogP contribution >= 0.6 is 11.3 Å². The summed E-state index contributed by atoms with van der Waals surface area (Å²) in [5, 5.41) is 14.9. The van der Waals surface area contributed by atoms with Crippen molar-refractivity contribution >= 4 is 56.1 Å². The molecule has 1 N–H and O–H groups in total. The van der Waals surface area contributed by atoms with E-state index in [0.717, 1.165) is 49.4 Å². The molecule has 2 aromatic heterocycles. The van der Waals surface area contributed by atoms with Gasteiger partial charge in [0.25, 0.3) is 0 Å². The molecular formula is C44H58IrNO2SSi-. The first kappa shape index (κ1) is 41.8. The second-order valence-electron chi connectivity index (χ2n) is 16.1. The Morgan fingerprint density at radius 1 is 0.880 bits per heavy atom. The standard InChI is InChI=1S/C31H34NSSi.C13H24O2.Ir/c1-20-22(18-31(2,3)4)12-13-26-27-14-15-32-28(30(27)33-29(20)26)23-16-21-10-8-9-11-25(21)24(17-23)19-34(5,6)7;1-5-10(6-2)12(14)9-13(15)11(7-3)8-4;/h8-15,17H,18-19H2,1-7H3;9-11,14H,5-8H2,1-4H3;/q-1;;/b;12-9-;. The minimum absolute atomic E-state index is 0. The molecule has 0 aliphatic heterocycles. The first-order valence-corrected chi connectivity index (χ1v) is 22.8. The molecule has 5 aromatic rings. The first-order chi connectivity index (χ1) is 23.1. The molecule has 0 saturated heterocycles. The van der Waals surface area contributed by atoms with E-state index in [9.17, 15) is 9.90 Å². The summed E-state index contributed by atoms with van der Waals surface area (Å²) in [5.74, 6) is 0.547. The van der Waals surface area contributed by atoms with Gasteiger partial charge in [-0.05, 0) is 73.1 Å². The number of aliphatic hydroxyl groups excluding tert-OH is 1. The molecule has 0 saturated carbocycles. The van der Waals surface area contributed by atoms with Crippen molar-refractivity contribution in [3.8, 4) is 11.3 Å². The van der Waals surface area contributed by atoms with Crippen LogP contribution in [0.15, 0.2) is 66.6 Å². The largest absolute Gasteiger partial charge is 0.512 e. The third-order valence-corrected chi connectivity index (χ3v) is 12.3. The number of fused-ring (bicyclic) bond motifs is 4. The van der Waals surface area contributed by atoms with Crippen molar-refractivity contribution in [2.75, 3.05) is 0 Å². The first-order valence-electron chi connectivity index (χ1n) is 18.3. The zero-order valence-electron chi connectivity index (χ0n) is 32.2. The normalized spacial score (nSPS) is 12.5. The Balaban J connectivity index is 0.000000361. The van der Waals surface area contributed by atoms with E-state index in [1.54, 1.807) is 0 Å². The van der Waals surface area contributed by atoms with Crippen molar-refractivity contribution in [3.63, 3.8) is 0 Å². The number of hydrogen-bond acceptors (Lipinski definition) is 4. The summed E-state index contributed by atoms with van der Waals surface area (Å²) >= 11 is 1.90. The zero-order chi connectivity index (χ0) is 36.1. The number of rotatable bonds is 11. The molecule has 1 radical (unpaired) electrons. The van der Waals surface area contributed by atoms with Crippen LogP contribution < -0.4 is 0 Å². The predicted molar refractivity (Wildman–Crippen MR) is 218 cm³/mol. The molecule has 50 heavy (non-hydrogen) atoms. The average Bonchev–Trinajstić information content (AvgIpc) is 3.42. The number of aromatic nitrogens is 1. The second-order valence-corrected chi connectivity index (χ2v) is 22.6. The molecule has 2 heterocycles.